The van der Waals surface area contributed by atoms with E-state index >= 15 is 0 Å². The van der Waals surface area contributed by atoms with Gasteiger partial charge >= 0.3 is 0 Å². The molecular weight excluding hydrogens is 554 g/mol. The van der Waals surface area contributed by atoms with Crippen molar-refractivity contribution in [1.82, 2.24) is 39.5 Å². The molecular formula is C33H61N9O2. The summed E-state index contributed by atoms with van der Waals surface area (Å²) in [6.07, 6.45) is 3.99. The van der Waals surface area contributed by atoms with E-state index in [1.807, 2.05) is 40.7 Å². The lowest BCUT2D eigenvalue weighted by Gasteiger charge is -2.31. The molecule has 0 aromatic carbocycles. The maximum Gasteiger partial charge on any atom is 0.225 e. The van der Waals surface area contributed by atoms with Gasteiger partial charge in [0, 0.05) is 92.2 Å². The molecule has 4 rings (SSSR count). The Morgan fingerprint density at radius 2 is 1.25 bits per heavy atom. The molecule has 0 saturated carbocycles. The van der Waals surface area contributed by atoms with Crippen molar-refractivity contribution in [3.05, 3.63) is 47.2 Å². The van der Waals surface area contributed by atoms with E-state index in [-0.39, 0.29) is 11.8 Å². The van der Waals surface area contributed by atoms with Crippen molar-refractivity contribution >= 4 is 17.6 Å². The fourth-order valence-corrected chi connectivity index (χ4v) is 3.50. The van der Waals surface area contributed by atoms with E-state index in [0.29, 0.717) is 12.2 Å². The number of hydrogen-bond acceptors (Lipinski definition) is 9. The summed E-state index contributed by atoms with van der Waals surface area (Å²) in [5.41, 5.74) is 4.11. The van der Waals surface area contributed by atoms with Crippen LogP contribution in [0.4, 0.5) is 5.82 Å². The molecule has 11 nitrogen and oxygen atoms in total. The first-order valence-electron chi connectivity index (χ1n) is 15.6. The molecule has 0 bridgehead atoms. The highest BCUT2D eigenvalue weighted by molar-refractivity contribution is 5.89. The first kappa shape index (κ1) is 41.0. The van der Waals surface area contributed by atoms with Crippen molar-refractivity contribution in [2.24, 2.45) is 0 Å². The topological polar surface area (TPSA) is 101 Å². The summed E-state index contributed by atoms with van der Waals surface area (Å²) < 4.78 is 0. The standard InChI is InChI=1S/C9H12N2O.C7H10N2.C7H16N2.C6H14N2.C4H9NO/c1-3-9(12)11-8-5-4-7(2)6-10-8;1-5-4-8-6(2)7(3)9-5;1-3-9-6-4-8(2)5-7-9;1-7-3-5-8(2)6-4-7;1-4(6)5(2)3/h4-6H,3H2,1-2H3,(H,10,11,12);4H,1-3H3;3-7H2,1-2H3;3-6H2,1-2H3;1-3H3. The summed E-state index contributed by atoms with van der Waals surface area (Å²) in [6, 6.07) is 3.71. The van der Waals surface area contributed by atoms with Gasteiger partial charge in [-0.2, -0.15) is 0 Å². The summed E-state index contributed by atoms with van der Waals surface area (Å²) in [4.78, 5) is 44.5. The molecule has 4 heterocycles. The van der Waals surface area contributed by atoms with E-state index in [4.69, 9.17) is 0 Å². The Hall–Kier alpha value is -2.99. The molecule has 1 N–H and O–H groups in total. The van der Waals surface area contributed by atoms with Crippen LogP contribution in [0.15, 0.2) is 24.5 Å². The van der Waals surface area contributed by atoms with Gasteiger partial charge in [0.05, 0.1) is 17.1 Å². The Balaban J connectivity index is 0.000000535. The maximum atomic E-state index is 10.9. The third-order valence-electron chi connectivity index (χ3n) is 7.21. The molecule has 2 fully saturated rings. The number of aromatic nitrogens is 3. The zero-order valence-corrected chi connectivity index (χ0v) is 29.8. The third-order valence-corrected chi connectivity index (χ3v) is 7.21. The molecule has 0 radical (unpaired) electrons. The molecule has 2 saturated heterocycles. The van der Waals surface area contributed by atoms with Crippen LogP contribution >= 0.6 is 0 Å². The highest BCUT2D eigenvalue weighted by atomic mass is 16.2. The minimum absolute atomic E-state index is 0.00801. The highest BCUT2D eigenvalue weighted by Crippen LogP contribution is 2.04. The smallest absolute Gasteiger partial charge is 0.225 e. The number of anilines is 1. The van der Waals surface area contributed by atoms with Crippen LogP contribution < -0.4 is 5.32 Å². The lowest BCUT2D eigenvalue weighted by Crippen LogP contribution is -2.44. The molecule has 2 aliphatic heterocycles. The lowest BCUT2D eigenvalue weighted by atomic mass is 10.3. The Morgan fingerprint density at radius 1 is 0.773 bits per heavy atom. The molecule has 2 aliphatic rings. The largest absolute Gasteiger partial charge is 0.349 e. The van der Waals surface area contributed by atoms with Gasteiger partial charge in [0.25, 0.3) is 0 Å². The predicted octanol–water partition coefficient (Wildman–Crippen LogP) is 3.35. The predicted molar refractivity (Wildman–Crippen MR) is 183 cm³/mol. The van der Waals surface area contributed by atoms with Crippen LogP contribution in [0.5, 0.6) is 0 Å². The quantitative estimate of drug-likeness (QED) is 0.557. The van der Waals surface area contributed by atoms with Gasteiger partial charge in [0.15, 0.2) is 0 Å². The summed E-state index contributed by atoms with van der Waals surface area (Å²) in [6.45, 7) is 24.5. The number of nitrogens with one attached hydrogen (secondary N) is 1. The second-order valence-corrected chi connectivity index (χ2v) is 11.6. The number of rotatable bonds is 3. The number of carbonyl (C=O) groups excluding carboxylic acids is 2. The minimum atomic E-state index is -0.00801. The molecule has 44 heavy (non-hydrogen) atoms. The van der Waals surface area contributed by atoms with E-state index in [1.54, 1.807) is 32.6 Å². The second kappa shape index (κ2) is 23.4. The van der Waals surface area contributed by atoms with Crippen LogP contribution in [0.25, 0.3) is 0 Å². The second-order valence-electron chi connectivity index (χ2n) is 11.6. The molecule has 0 aliphatic carbocycles. The van der Waals surface area contributed by atoms with Crippen LogP contribution in [0.1, 0.15) is 49.8 Å². The van der Waals surface area contributed by atoms with Gasteiger partial charge in [-0.3, -0.25) is 19.6 Å². The SMILES string of the molecule is CC(=O)N(C)C.CCC(=O)Nc1ccc(C)cn1.CCN1CCN(C)CC1.CN1CCN(C)CC1.Cc1cnc(C)c(C)n1. The van der Waals surface area contributed by atoms with Crippen LogP contribution in [0.2, 0.25) is 0 Å². The van der Waals surface area contributed by atoms with Crippen molar-refractivity contribution in [3.63, 3.8) is 0 Å². The summed E-state index contributed by atoms with van der Waals surface area (Å²) in [7, 11) is 9.98. The lowest BCUT2D eigenvalue weighted by molar-refractivity contribution is -0.126. The van der Waals surface area contributed by atoms with Crippen molar-refractivity contribution in [1.29, 1.82) is 0 Å². The van der Waals surface area contributed by atoms with E-state index < -0.39 is 0 Å². The monoisotopic (exact) mass is 615 g/mol. The molecule has 2 aromatic heterocycles. The fraction of sp³-hybridized carbons (Fsp3) is 0.667. The molecule has 0 spiro atoms. The number of hydrogen-bond donors (Lipinski definition) is 1. The average Bonchev–Trinajstić information content (AvgIpc) is 2.99. The molecule has 0 atom stereocenters. The van der Waals surface area contributed by atoms with Gasteiger partial charge in [-0.15, -0.1) is 0 Å². The van der Waals surface area contributed by atoms with Crippen molar-refractivity contribution < 1.29 is 9.59 Å². The van der Waals surface area contributed by atoms with Crippen molar-refractivity contribution in [2.75, 3.05) is 99.5 Å². The van der Waals surface area contributed by atoms with Crippen molar-refractivity contribution in [2.45, 2.75) is 54.9 Å². The first-order chi connectivity index (χ1) is 20.7. The Labute approximate surface area is 268 Å². The molecule has 250 valence electrons. The molecule has 2 aromatic rings. The number of piperazine rings is 2. The van der Waals surface area contributed by atoms with Gasteiger partial charge in [0.1, 0.15) is 5.82 Å². The number of pyridine rings is 1. The van der Waals surface area contributed by atoms with Crippen LogP contribution in [-0.2, 0) is 9.59 Å². The average molecular weight is 616 g/mol. The van der Waals surface area contributed by atoms with Gasteiger partial charge in [-0.1, -0.05) is 19.9 Å². The van der Waals surface area contributed by atoms with Gasteiger partial charge in [-0.05, 0) is 67.0 Å². The highest BCUT2D eigenvalue weighted by Gasteiger charge is 2.10. The van der Waals surface area contributed by atoms with Crippen LogP contribution in [-0.4, -0.2) is 145 Å². The summed E-state index contributed by atoms with van der Waals surface area (Å²) in [5, 5.41) is 2.67. The maximum absolute atomic E-state index is 10.9. The van der Waals surface area contributed by atoms with E-state index in [2.05, 4.69) is 67.9 Å². The van der Waals surface area contributed by atoms with Gasteiger partial charge in [0.2, 0.25) is 11.8 Å². The molecule has 2 amide bonds. The van der Waals surface area contributed by atoms with E-state index in [1.165, 1.54) is 70.7 Å². The number of aryl methyl sites for hydroxylation is 4. The minimum Gasteiger partial charge on any atom is -0.349 e. The molecule has 0 unspecified atom stereocenters. The zero-order valence-electron chi connectivity index (χ0n) is 29.8. The molecule has 11 heteroatoms. The first-order valence-corrected chi connectivity index (χ1v) is 15.6. The Bertz CT molecular complexity index is 1040. The van der Waals surface area contributed by atoms with E-state index in [9.17, 15) is 9.59 Å². The number of amides is 2. The van der Waals surface area contributed by atoms with Crippen LogP contribution in [0.3, 0.4) is 0 Å². The third kappa shape index (κ3) is 20.8. The number of nitrogens with zero attached hydrogens (tertiary/aromatic N) is 8. The fourth-order valence-electron chi connectivity index (χ4n) is 3.50. The van der Waals surface area contributed by atoms with Gasteiger partial charge < -0.3 is 29.8 Å². The van der Waals surface area contributed by atoms with Crippen molar-refractivity contribution in [3.8, 4) is 0 Å². The summed E-state index contributed by atoms with van der Waals surface area (Å²) in [5.74, 6) is 0.703. The summed E-state index contributed by atoms with van der Waals surface area (Å²) >= 11 is 0. The Morgan fingerprint density at radius 3 is 1.59 bits per heavy atom. The number of carbonyl (C=O) groups is 2. The number of likely N-dealkylation sites (N-methyl/N-ethyl adjacent to an activating group) is 4. The zero-order chi connectivity index (χ0) is 33.7. The van der Waals surface area contributed by atoms with E-state index in [0.717, 1.165) is 22.6 Å². The van der Waals surface area contributed by atoms with Gasteiger partial charge in [-0.25, -0.2) is 4.98 Å². The Kier molecular flexibility index (Phi) is 21.8. The normalized spacial score (nSPS) is 15.5. The van der Waals surface area contributed by atoms with Crippen LogP contribution in [0, 0.1) is 27.7 Å².